The number of rotatable bonds is 39. The molecule has 0 aliphatic rings. The van der Waals surface area contributed by atoms with Crippen molar-refractivity contribution >= 4 is 19.7 Å². The zero-order chi connectivity index (χ0) is 36.8. The van der Waals surface area contributed by atoms with Gasteiger partial charge in [0.2, 0.25) is 5.91 Å². The number of amides is 1. The number of carbonyl (C=O) groups is 2. The normalized spacial score (nSPS) is 13.4. The summed E-state index contributed by atoms with van der Waals surface area (Å²) in [5.74, 6) is -0.516. The van der Waals surface area contributed by atoms with Crippen molar-refractivity contribution in [2.24, 2.45) is 0 Å². The van der Waals surface area contributed by atoms with Gasteiger partial charge in [-0.1, -0.05) is 161 Å². The van der Waals surface area contributed by atoms with E-state index in [4.69, 9.17) is 13.8 Å². The van der Waals surface area contributed by atoms with E-state index in [0.29, 0.717) is 6.42 Å². The van der Waals surface area contributed by atoms with Crippen molar-refractivity contribution in [1.29, 1.82) is 0 Å². The molecule has 0 saturated heterocycles. The third-order valence-electron chi connectivity index (χ3n) is 8.95. The average Bonchev–Trinajstić information content (AvgIpc) is 3.10. The largest absolute Gasteiger partial charge is 0.472 e. The van der Waals surface area contributed by atoms with E-state index >= 15 is 0 Å². The molecule has 10 heteroatoms. The lowest BCUT2D eigenvalue weighted by Crippen LogP contribution is -2.27. The highest BCUT2D eigenvalue weighted by Gasteiger charge is 2.23. The topological polar surface area (TPSA) is 131 Å². The number of phosphoric acid groups is 1. The molecular weight excluding hydrogens is 653 g/mol. The minimum absolute atomic E-state index is 0.0851. The van der Waals surface area contributed by atoms with Crippen molar-refractivity contribution in [3.05, 3.63) is 12.2 Å². The molecule has 1 amide bonds. The monoisotopic (exact) mass is 732 g/mol. The third-order valence-corrected chi connectivity index (χ3v) is 9.93. The molecule has 0 aromatic rings. The summed E-state index contributed by atoms with van der Waals surface area (Å²) in [7, 11) is -4.40. The number of nitrogens with one attached hydrogen (secondary N) is 1. The predicted octanol–water partition coefficient (Wildman–Crippen LogP) is 11.0. The summed E-state index contributed by atoms with van der Waals surface area (Å²) in [6.07, 6.45) is 37.3. The maximum atomic E-state index is 12.0. The van der Waals surface area contributed by atoms with E-state index in [9.17, 15) is 24.2 Å². The first-order valence-corrected chi connectivity index (χ1v) is 22.2. The van der Waals surface area contributed by atoms with E-state index in [1.54, 1.807) is 0 Å². The number of aliphatic hydroxyl groups excluding tert-OH is 1. The summed E-state index contributed by atoms with van der Waals surface area (Å²) in [5.41, 5.74) is 0. The fourth-order valence-corrected chi connectivity index (χ4v) is 6.54. The molecule has 50 heavy (non-hydrogen) atoms. The van der Waals surface area contributed by atoms with Crippen molar-refractivity contribution < 1.29 is 37.9 Å². The minimum Gasteiger partial charge on any atom is -0.463 e. The maximum Gasteiger partial charge on any atom is 0.472 e. The van der Waals surface area contributed by atoms with Crippen LogP contribution >= 0.6 is 7.82 Å². The molecule has 2 unspecified atom stereocenters. The molecule has 0 bridgehead atoms. The Kier molecular flexibility index (Phi) is 36.6. The smallest absolute Gasteiger partial charge is 0.463 e. The maximum absolute atomic E-state index is 12.0. The molecule has 0 heterocycles. The van der Waals surface area contributed by atoms with Gasteiger partial charge in [-0.2, -0.15) is 0 Å². The van der Waals surface area contributed by atoms with Crippen LogP contribution in [-0.4, -0.2) is 54.3 Å². The van der Waals surface area contributed by atoms with Crippen LogP contribution in [0.5, 0.6) is 0 Å². The summed E-state index contributed by atoms with van der Waals surface area (Å²) < 4.78 is 26.8. The number of aliphatic hydroxyl groups is 1. The number of hydrogen-bond donors (Lipinski definition) is 3. The summed E-state index contributed by atoms with van der Waals surface area (Å²) in [6, 6.07) is 0. The van der Waals surface area contributed by atoms with Gasteiger partial charge in [0.15, 0.2) is 0 Å². The molecule has 0 rings (SSSR count). The number of carbonyl (C=O) groups excluding carboxylic acids is 2. The molecule has 0 aliphatic carbocycles. The van der Waals surface area contributed by atoms with Gasteiger partial charge in [0.05, 0.1) is 13.2 Å². The Morgan fingerprint density at radius 2 is 1.02 bits per heavy atom. The van der Waals surface area contributed by atoms with Crippen LogP contribution in [0.3, 0.4) is 0 Å². The zero-order valence-electron chi connectivity index (χ0n) is 32.4. The number of hydrogen-bond acceptors (Lipinski definition) is 7. The van der Waals surface area contributed by atoms with Crippen LogP contribution < -0.4 is 5.32 Å². The highest BCUT2D eigenvalue weighted by atomic mass is 31.2. The summed E-state index contributed by atoms with van der Waals surface area (Å²) >= 11 is 0. The van der Waals surface area contributed by atoms with Gasteiger partial charge in [0, 0.05) is 19.4 Å². The minimum atomic E-state index is -4.40. The fraction of sp³-hybridized carbons (Fsp3) is 0.900. The van der Waals surface area contributed by atoms with Crippen LogP contribution in [0.25, 0.3) is 0 Å². The molecule has 0 saturated carbocycles. The lowest BCUT2D eigenvalue weighted by atomic mass is 10.0. The van der Waals surface area contributed by atoms with Crippen LogP contribution in [0, 0.1) is 0 Å². The highest BCUT2D eigenvalue weighted by Crippen LogP contribution is 2.42. The average molecular weight is 732 g/mol. The van der Waals surface area contributed by atoms with Crippen LogP contribution in [0.15, 0.2) is 12.2 Å². The Labute approximate surface area is 307 Å². The van der Waals surface area contributed by atoms with E-state index < -0.39 is 26.5 Å². The molecule has 0 aromatic heterocycles. The second-order valence-electron chi connectivity index (χ2n) is 14.0. The van der Waals surface area contributed by atoms with Crippen LogP contribution in [0.1, 0.15) is 200 Å². The van der Waals surface area contributed by atoms with E-state index in [2.05, 4.69) is 31.3 Å². The molecule has 2 atom stereocenters. The number of unbranched alkanes of at least 4 members (excludes halogenated alkanes) is 24. The molecule has 296 valence electrons. The molecule has 9 nitrogen and oxygen atoms in total. The SMILES string of the molecule is CCCCCCCC/C=C/CCCCCCCCCCCCCC(=O)OCC(O)COP(=O)(O)OCCNC(=O)CCCCCCCCCC. The van der Waals surface area contributed by atoms with Gasteiger partial charge in [-0.25, -0.2) is 4.57 Å². The summed E-state index contributed by atoms with van der Waals surface area (Å²) in [5, 5.41) is 12.6. The Bertz CT molecular complexity index is 840. The Hall–Kier alpha value is -1.25. The van der Waals surface area contributed by atoms with Crippen molar-refractivity contribution in [1.82, 2.24) is 5.32 Å². The molecule has 0 aromatic carbocycles. The van der Waals surface area contributed by atoms with Crippen molar-refractivity contribution in [2.75, 3.05) is 26.4 Å². The highest BCUT2D eigenvalue weighted by molar-refractivity contribution is 7.47. The Morgan fingerprint density at radius 3 is 1.50 bits per heavy atom. The summed E-state index contributed by atoms with van der Waals surface area (Å²) in [6.45, 7) is 3.53. The van der Waals surface area contributed by atoms with Gasteiger partial charge in [0.25, 0.3) is 0 Å². The standard InChI is InChI=1S/C40H78NO8P/c1-3-5-7-9-11-13-14-15-16-17-18-19-20-21-22-23-24-25-27-29-31-33-40(44)47-36-38(42)37-49-50(45,46)48-35-34-41-39(43)32-30-28-26-12-10-8-6-4-2/h15-16,38,42H,3-14,17-37H2,1-2H3,(H,41,43)(H,45,46)/b16-15+. The van der Waals surface area contributed by atoms with E-state index in [1.165, 1.54) is 135 Å². The lowest BCUT2D eigenvalue weighted by Gasteiger charge is -2.15. The molecular formula is C40H78NO8P. The Morgan fingerprint density at radius 1 is 0.600 bits per heavy atom. The van der Waals surface area contributed by atoms with Gasteiger partial charge in [-0.15, -0.1) is 0 Å². The predicted molar refractivity (Wildman–Crippen MR) is 206 cm³/mol. The first-order chi connectivity index (χ1) is 24.3. The second-order valence-corrected chi connectivity index (χ2v) is 15.4. The molecule has 0 aliphatic heterocycles. The number of phosphoric ester groups is 1. The first kappa shape index (κ1) is 48.8. The van der Waals surface area contributed by atoms with E-state index in [1.807, 2.05) is 0 Å². The lowest BCUT2D eigenvalue weighted by molar-refractivity contribution is -0.147. The molecule has 0 radical (unpaired) electrons. The van der Waals surface area contributed by atoms with E-state index in [0.717, 1.165) is 38.5 Å². The van der Waals surface area contributed by atoms with Crippen molar-refractivity contribution in [2.45, 2.75) is 206 Å². The van der Waals surface area contributed by atoms with Gasteiger partial charge in [-0.05, 0) is 38.5 Å². The van der Waals surface area contributed by atoms with Crippen LogP contribution in [0.2, 0.25) is 0 Å². The molecule has 3 N–H and O–H groups in total. The number of allylic oxidation sites excluding steroid dienone is 2. The van der Waals surface area contributed by atoms with Crippen molar-refractivity contribution in [3.63, 3.8) is 0 Å². The molecule has 0 fully saturated rings. The first-order valence-electron chi connectivity index (χ1n) is 20.7. The fourth-order valence-electron chi connectivity index (χ4n) is 5.79. The second kappa shape index (κ2) is 37.5. The van der Waals surface area contributed by atoms with Crippen LogP contribution in [0.4, 0.5) is 0 Å². The van der Waals surface area contributed by atoms with Gasteiger partial charge in [0.1, 0.15) is 12.7 Å². The number of esters is 1. The van der Waals surface area contributed by atoms with Crippen LogP contribution in [-0.2, 0) is 27.9 Å². The number of ether oxygens (including phenoxy) is 1. The molecule has 0 spiro atoms. The van der Waals surface area contributed by atoms with Gasteiger partial charge >= 0.3 is 13.8 Å². The summed E-state index contributed by atoms with van der Waals surface area (Å²) in [4.78, 5) is 33.7. The van der Waals surface area contributed by atoms with E-state index in [-0.39, 0.29) is 32.1 Å². The van der Waals surface area contributed by atoms with Crippen molar-refractivity contribution in [3.8, 4) is 0 Å². The van der Waals surface area contributed by atoms with Gasteiger partial charge < -0.3 is 20.1 Å². The quantitative estimate of drug-likeness (QED) is 0.0246. The van der Waals surface area contributed by atoms with Gasteiger partial charge in [-0.3, -0.25) is 18.6 Å². The Balaban J connectivity index is 3.54. The zero-order valence-corrected chi connectivity index (χ0v) is 33.3. The third kappa shape index (κ3) is 38.0.